The van der Waals surface area contributed by atoms with Crippen LogP contribution in [-0.4, -0.2) is 58.3 Å². The summed E-state index contributed by atoms with van der Waals surface area (Å²) in [5.74, 6) is 0.697. The number of hydrogen-bond acceptors (Lipinski definition) is 6. The SMILES string of the molecule is O=C(O)[C@H](c1cccnc1C1CC1)N1CC[C@@H](OCCCCc2ccc3c(n2)NCCC3)C1. The summed E-state index contributed by atoms with van der Waals surface area (Å²) in [7, 11) is 0. The molecule has 2 aliphatic heterocycles. The second kappa shape index (κ2) is 10.2. The quantitative estimate of drug-likeness (QED) is 0.530. The van der Waals surface area contributed by atoms with Crippen molar-refractivity contribution in [3.8, 4) is 0 Å². The molecule has 0 unspecified atom stereocenters. The summed E-state index contributed by atoms with van der Waals surface area (Å²) in [6.45, 7) is 3.13. The molecule has 5 rings (SSSR count). The molecule has 0 bridgehead atoms. The largest absolute Gasteiger partial charge is 0.480 e. The van der Waals surface area contributed by atoms with Gasteiger partial charge in [0.2, 0.25) is 0 Å². The highest BCUT2D eigenvalue weighted by Crippen LogP contribution is 2.43. The lowest BCUT2D eigenvalue weighted by molar-refractivity contribution is -0.143. The fourth-order valence-corrected chi connectivity index (χ4v) is 5.14. The van der Waals surface area contributed by atoms with E-state index in [1.807, 2.05) is 12.1 Å². The number of anilines is 1. The number of fused-ring (bicyclic) bond motifs is 1. The maximum atomic E-state index is 12.2. The number of carboxylic acids is 1. The third-order valence-corrected chi connectivity index (χ3v) is 7.04. The van der Waals surface area contributed by atoms with Crippen molar-refractivity contribution < 1.29 is 14.6 Å². The number of ether oxygens (including phenoxy) is 1. The molecule has 1 saturated carbocycles. The number of likely N-dealkylation sites (tertiary alicyclic amines) is 1. The lowest BCUT2D eigenvalue weighted by atomic mass is 10.0. The summed E-state index contributed by atoms with van der Waals surface area (Å²) in [6.07, 6.45) is 10.3. The highest BCUT2D eigenvalue weighted by molar-refractivity contribution is 5.76. The zero-order valence-electron chi connectivity index (χ0n) is 19.2. The Hall–Kier alpha value is -2.51. The number of unbranched alkanes of at least 4 members (excludes halogenated alkanes) is 1. The van der Waals surface area contributed by atoms with Crippen LogP contribution in [0.3, 0.4) is 0 Å². The van der Waals surface area contributed by atoms with Gasteiger partial charge < -0.3 is 15.2 Å². The van der Waals surface area contributed by atoms with Gasteiger partial charge in [0.05, 0.1) is 6.10 Å². The van der Waals surface area contributed by atoms with Gasteiger partial charge in [0.15, 0.2) is 0 Å². The molecule has 0 spiro atoms. The first-order chi connectivity index (χ1) is 16.2. The molecule has 7 heteroatoms. The normalized spacial score (nSPS) is 21.4. The third-order valence-electron chi connectivity index (χ3n) is 7.04. The number of carbonyl (C=O) groups is 1. The van der Waals surface area contributed by atoms with Gasteiger partial charge in [0.1, 0.15) is 11.9 Å². The van der Waals surface area contributed by atoms with Crippen LogP contribution in [0.2, 0.25) is 0 Å². The second-order valence-electron chi connectivity index (χ2n) is 9.57. The molecule has 2 N–H and O–H groups in total. The van der Waals surface area contributed by atoms with E-state index in [0.717, 1.165) is 80.8 Å². The zero-order chi connectivity index (χ0) is 22.6. The second-order valence-corrected chi connectivity index (χ2v) is 9.57. The summed E-state index contributed by atoms with van der Waals surface area (Å²) in [6, 6.07) is 7.53. The number of hydrogen-bond donors (Lipinski definition) is 2. The van der Waals surface area contributed by atoms with E-state index in [2.05, 4.69) is 27.3 Å². The smallest absolute Gasteiger partial charge is 0.325 e. The van der Waals surface area contributed by atoms with Crippen LogP contribution in [0.15, 0.2) is 30.5 Å². The number of aryl methyl sites for hydroxylation is 2. The number of rotatable bonds is 10. The van der Waals surface area contributed by atoms with Crippen molar-refractivity contribution in [2.75, 3.05) is 31.6 Å². The summed E-state index contributed by atoms with van der Waals surface area (Å²) in [5, 5.41) is 13.4. The van der Waals surface area contributed by atoms with Gasteiger partial charge in [-0.25, -0.2) is 4.98 Å². The molecule has 3 aliphatic rings. The fourth-order valence-electron chi connectivity index (χ4n) is 5.14. The van der Waals surface area contributed by atoms with Crippen LogP contribution in [-0.2, 0) is 22.4 Å². The van der Waals surface area contributed by atoms with Gasteiger partial charge in [-0.05, 0) is 69.1 Å². The Bertz CT molecular complexity index is 978. The van der Waals surface area contributed by atoms with Gasteiger partial charge >= 0.3 is 5.97 Å². The Kier molecular flexibility index (Phi) is 6.88. The first-order valence-corrected chi connectivity index (χ1v) is 12.4. The first kappa shape index (κ1) is 22.3. The Morgan fingerprint density at radius 2 is 2.15 bits per heavy atom. The molecule has 2 fully saturated rings. The van der Waals surface area contributed by atoms with Gasteiger partial charge in [0.25, 0.3) is 0 Å². The number of nitrogens with zero attached hydrogens (tertiary/aromatic N) is 3. The van der Waals surface area contributed by atoms with Gasteiger partial charge in [-0.15, -0.1) is 0 Å². The number of aliphatic carboxylic acids is 1. The highest BCUT2D eigenvalue weighted by atomic mass is 16.5. The van der Waals surface area contributed by atoms with Crippen molar-refractivity contribution in [1.82, 2.24) is 14.9 Å². The van der Waals surface area contributed by atoms with Crippen molar-refractivity contribution in [3.05, 3.63) is 53.0 Å². The van der Waals surface area contributed by atoms with E-state index >= 15 is 0 Å². The van der Waals surface area contributed by atoms with E-state index in [4.69, 9.17) is 9.72 Å². The van der Waals surface area contributed by atoms with Crippen LogP contribution < -0.4 is 5.32 Å². The molecule has 7 nitrogen and oxygen atoms in total. The number of aromatic nitrogens is 2. The lowest BCUT2D eigenvalue weighted by Crippen LogP contribution is -2.34. The van der Waals surface area contributed by atoms with Gasteiger partial charge in [-0.3, -0.25) is 14.7 Å². The van der Waals surface area contributed by atoms with Crippen LogP contribution in [0, 0.1) is 0 Å². The summed E-state index contributed by atoms with van der Waals surface area (Å²) in [4.78, 5) is 23.5. The van der Waals surface area contributed by atoms with Crippen LogP contribution in [0.1, 0.15) is 73.0 Å². The predicted molar refractivity (Wildman–Crippen MR) is 127 cm³/mol. The Balaban J connectivity index is 1.08. The maximum absolute atomic E-state index is 12.2. The summed E-state index contributed by atoms with van der Waals surface area (Å²) < 4.78 is 6.13. The molecule has 1 saturated heterocycles. The Morgan fingerprint density at radius 3 is 3.00 bits per heavy atom. The maximum Gasteiger partial charge on any atom is 0.325 e. The van der Waals surface area contributed by atoms with Crippen molar-refractivity contribution in [2.45, 2.75) is 69.4 Å². The minimum absolute atomic E-state index is 0.0963. The molecule has 33 heavy (non-hydrogen) atoms. The van der Waals surface area contributed by atoms with E-state index < -0.39 is 12.0 Å². The number of pyridine rings is 2. The van der Waals surface area contributed by atoms with Crippen LogP contribution in [0.4, 0.5) is 5.82 Å². The monoisotopic (exact) mass is 450 g/mol. The molecular weight excluding hydrogens is 416 g/mol. The minimum Gasteiger partial charge on any atom is -0.480 e. The standard InChI is InChI=1S/C26H34N4O3/c31-26(32)24(22-7-4-13-27-23(22)18-8-9-18)30-15-12-21(17-30)33-16-2-1-6-20-11-10-19-5-3-14-28-25(19)29-20/h4,7,10-11,13,18,21,24H,1-3,5-6,8-9,12,14-17H2,(H,28,29)(H,31,32)/t21-,24+/m1/s1. The molecule has 4 heterocycles. The van der Waals surface area contributed by atoms with E-state index in [-0.39, 0.29) is 6.10 Å². The summed E-state index contributed by atoms with van der Waals surface area (Å²) >= 11 is 0. The molecule has 0 amide bonds. The number of carboxylic acid groups (broad SMARTS) is 1. The predicted octanol–water partition coefficient (Wildman–Crippen LogP) is 3.95. The molecule has 2 atom stereocenters. The van der Waals surface area contributed by atoms with E-state index in [0.29, 0.717) is 19.1 Å². The average molecular weight is 451 g/mol. The molecule has 1 aliphatic carbocycles. The molecular formula is C26H34N4O3. The van der Waals surface area contributed by atoms with Crippen LogP contribution in [0.25, 0.3) is 0 Å². The molecule has 2 aromatic heterocycles. The van der Waals surface area contributed by atoms with E-state index in [9.17, 15) is 9.90 Å². The topological polar surface area (TPSA) is 87.6 Å². The van der Waals surface area contributed by atoms with Crippen LogP contribution >= 0.6 is 0 Å². The van der Waals surface area contributed by atoms with Gasteiger partial charge in [0, 0.05) is 55.3 Å². The highest BCUT2D eigenvalue weighted by Gasteiger charge is 2.38. The van der Waals surface area contributed by atoms with Crippen LogP contribution in [0.5, 0.6) is 0 Å². The average Bonchev–Trinajstić information content (AvgIpc) is 3.58. The zero-order valence-corrected chi connectivity index (χ0v) is 19.2. The van der Waals surface area contributed by atoms with Crippen molar-refractivity contribution >= 4 is 11.8 Å². The molecule has 2 aromatic rings. The molecule has 0 aromatic carbocycles. The van der Waals surface area contributed by atoms with E-state index in [1.54, 1.807) is 6.20 Å². The first-order valence-electron chi connectivity index (χ1n) is 12.4. The van der Waals surface area contributed by atoms with Gasteiger partial charge in [-0.2, -0.15) is 0 Å². The Labute approximate surface area is 195 Å². The van der Waals surface area contributed by atoms with Gasteiger partial charge in [-0.1, -0.05) is 12.1 Å². The Morgan fingerprint density at radius 1 is 1.24 bits per heavy atom. The third kappa shape index (κ3) is 5.36. The minimum atomic E-state index is -0.794. The lowest BCUT2D eigenvalue weighted by Gasteiger charge is -2.26. The molecule has 0 radical (unpaired) electrons. The van der Waals surface area contributed by atoms with Crippen molar-refractivity contribution in [2.24, 2.45) is 0 Å². The number of nitrogens with one attached hydrogen (secondary N) is 1. The van der Waals surface area contributed by atoms with Crippen molar-refractivity contribution in [1.29, 1.82) is 0 Å². The fraction of sp³-hybridized carbons (Fsp3) is 0.577. The van der Waals surface area contributed by atoms with E-state index in [1.165, 1.54) is 12.0 Å². The van der Waals surface area contributed by atoms with Crippen molar-refractivity contribution in [3.63, 3.8) is 0 Å². The summed E-state index contributed by atoms with van der Waals surface area (Å²) in [5.41, 5.74) is 4.30. The molecule has 176 valence electrons.